The molecule has 0 aliphatic carbocycles. The number of carbonyl (C=O) groups is 1. The Morgan fingerprint density at radius 2 is 2.42 bits per heavy atom. The first-order chi connectivity index (χ1) is 9.20. The molecule has 19 heavy (non-hydrogen) atoms. The van der Waals surface area contributed by atoms with E-state index in [0.29, 0.717) is 12.3 Å². The molecule has 1 heterocycles. The zero-order valence-corrected chi connectivity index (χ0v) is 10.9. The maximum Gasteiger partial charge on any atom is 0.180 e. The monoisotopic (exact) mass is 267 g/mol. The quantitative estimate of drug-likeness (QED) is 0.798. The second kappa shape index (κ2) is 6.63. The first kappa shape index (κ1) is 14.0. The summed E-state index contributed by atoms with van der Waals surface area (Å²) in [5.41, 5.74) is 0.266. The van der Waals surface area contributed by atoms with Crippen LogP contribution in [0.1, 0.15) is 23.2 Å². The van der Waals surface area contributed by atoms with Gasteiger partial charge in [-0.2, -0.15) is 0 Å². The van der Waals surface area contributed by atoms with Crippen molar-refractivity contribution in [1.29, 1.82) is 0 Å². The van der Waals surface area contributed by atoms with E-state index in [1.165, 1.54) is 25.3 Å². The highest BCUT2D eigenvalue weighted by molar-refractivity contribution is 6.00. The normalized spacial score (nSPS) is 18.5. The molecule has 0 saturated carbocycles. The van der Waals surface area contributed by atoms with Crippen molar-refractivity contribution in [2.24, 2.45) is 0 Å². The lowest BCUT2D eigenvalue weighted by Gasteiger charge is -2.11. The molecular weight excluding hydrogens is 249 g/mol. The molecule has 5 heteroatoms. The van der Waals surface area contributed by atoms with Crippen molar-refractivity contribution in [1.82, 2.24) is 5.32 Å². The topological polar surface area (TPSA) is 47.6 Å². The van der Waals surface area contributed by atoms with Gasteiger partial charge in [-0.05, 0) is 31.0 Å². The van der Waals surface area contributed by atoms with Crippen LogP contribution in [-0.2, 0) is 4.74 Å². The van der Waals surface area contributed by atoms with Crippen LogP contribution in [0.4, 0.5) is 4.39 Å². The SMILES string of the molecule is COc1ccc(F)cc1C(=O)CNCC1CCCO1. The van der Waals surface area contributed by atoms with Gasteiger partial charge in [-0.1, -0.05) is 0 Å². The van der Waals surface area contributed by atoms with E-state index < -0.39 is 5.82 Å². The van der Waals surface area contributed by atoms with Crippen LogP contribution < -0.4 is 10.1 Å². The number of halogens is 1. The van der Waals surface area contributed by atoms with Crippen LogP contribution in [0.2, 0.25) is 0 Å². The summed E-state index contributed by atoms with van der Waals surface area (Å²) in [4.78, 5) is 12.0. The summed E-state index contributed by atoms with van der Waals surface area (Å²) in [6.45, 7) is 1.58. The van der Waals surface area contributed by atoms with Gasteiger partial charge in [0.25, 0.3) is 0 Å². The fourth-order valence-corrected chi connectivity index (χ4v) is 2.15. The smallest absolute Gasteiger partial charge is 0.180 e. The molecule has 0 spiro atoms. The fourth-order valence-electron chi connectivity index (χ4n) is 2.15. The number of ether oxygens (including phenoxy) is 2. The number of hydrogen-bond donors (Lipinski definition) is 1. The number of Topliss-reactive ketones (excluding diaryl/α,β-unsaturated/α-hetero) is 1. The Bertz CT molecular complexity index is 444. The van der Waals surface area contributed by atoms with E-state index in [4.69, 9.17) is 9.47 Å². The van der Waals surface area contributed by atoms with E-state index in [0.717, 1.165) is 19.4 Å². The lowest BCUT2D eigenvalue weighted by molar-refractivity contribution is 0.0953. The van der Waals surface area contributed by atoms with Gasteiger partial charge in [-0.25, -0.2) is 4.39 Å². The molecular formula is C14H18FNO3. The van der Waals surface area contributed by atoms with Crippen LogP contribution in [0, 0.1) is 5.82 Å². The van der Waals surface area contributed by atoms with Crippen LogP contribution >= 0.6 is 0 Å². The highest BCUT2D eigenvalue weighted by Gasteiger charge is 2.17. The van der Waals surface area contributed by atoms with Crippen molar-refractivity contribution in [3.8, 4) is 5.75 Å². The van der Waals surface area contributed by atoms with Crippen molar-refractivity contribution in [2.45, 2.75) is 18.9 Å². The Morgan fingerprint density at radius 3 is 3.11 bits per heavy atom. The zero-order chi connectivity index (χ0) is 13.7. The van der Waals surface area contributed by atoms with E-state index in [2.05, 4.69) is 5.32 Å². The minimum Gasteiger partial charge on any atom is -0.496 e. The molecule has 1 N–H and O–H groups in total. The largest absolute Gasteiger partial charge is 0.496 e. The summed E-state index contributed by atoms with van der Waals surface area (Å²) < 4.78 is 23.7. The molecule has 2 rings (SSSR count). The van der Waals surface area contributed by atoms with Gasteiger partial charge < -0.3 is 14.8 Å². The first-order valence-electron chi connectivity index (χ1n) is 6.40. The summed E-state index contributed by atoms with van der Waals surface area (Å²) in [5, 5.41) is 3.04. The average molecular weight is 267 g/mol. The molecule has 1 aromatic carbocycles. The Hall–Kier alpha value is -1.46. The van der Waals surface area contributed by atoms with Gasteiger partial charge in [-0.15, -0.1) is 0 Å². The molecule has 1 fully saturated rings. The molecule has 0 radical (unpaired) electrons. The van der Waals surface area contributed by atoms with Gasteiger partial charge in [0, 0.05) is 13.2 Å². The first-order valence-corrected chi connectivity index (χ1v) is 6.40. The van der Waals surface area contributed by atoms with E-state index in [9.17, 15) is 9.18 Å². The van der Waals surface area contributed by atoms with Crippen molar-refractivity contribution in [3.63, 3.8) is 0 Å². The molecule has 0 aromatic heterocycles. The predicted molar refractivity (Wildman–Crippen MR) is 69.1 cm³/mol. The van der Waals surface area contributed by atoms with Crippen LogP contribution in [0.3, 0.4) is 0 Å². The molecule has 1 atom stereocenters. The molecule has 1 aromatic rings. The number of benzene rings is 1. The third-order valence-electron chi connectivity index (χ3n) is 3.14. The minimum atomic E-state index is -0.441. The molecule has 104 valence electrons. The van der Waals surface area contributed by atoms with Crippen LogP contribution in [-0.4, -0.2) is 38.7 Å². The van der Waals surface area contributed by atoms with Crippen molar-refractivity contribution in [2.75, 3.05) is 26.8 Å². The summed E-state index contributed by atoms with van der Waals surface area (Å²) >= 11 is 0. The van der Waals surface area contributed by atoms with Gasteiger partial charge in [0.2, 0.25) is 0 Å². The maximum atomic E-state index is 13.2. The van der Waals surface area contributed by atoms with Gasteiger partial charge in [0.15, 0.2) is 5.78 Å². The molecule has 4 nitrogen and oxygen atoms in total. The molecule has 1 saturated heterocycles. The third-order valence-corrected chi connectivity index (χ3v) is 3.14. The zero-order valence-electron chi connectivity index (χ0n) is 10.9. The van der Waals surface area contributed by atoms with Gasteiger partial charge >= 0.3 is 0 Å². The summed E-state index contributed by atoms with van der Waals surface area (Å²) in [6.07, 6.45) is 2.27. The molecule has 1 unspecified atom stereocenters. The molecule has 1 aliphatic rings. The second-order valence-electron chi connectivity index (χ2n) is 4.53. The van der Waals surface area contributed by atoms with E-state index >= 15 is 0 Å². The standard InChI is InChI=1S/C14H18FNO3/c1-18-14-5-4-10(15)7-12(14)13(17)9-16-8-11-3-2-6-19-11/h4-5,7,11,16H,2-3,6,8-9H2,1H3. The number of hydrogen-bond acceptors (Lipinski definition) is 4. The maximum absolute atomic E-state index is 13.2. The number of methoxy groups -OCH3 is 1. The lowest BCUT2D eigenvalue weighted by atomic mass is 10.1. The summed E-state index contributed by atoms with van der Waals surface area (Å²) in [5.74, 6) is -0.233. The number of carbonyl (C=O) groups excluding carboxylic acids is 1. The summed E-state index contributed by atoms with van der Waals surface area (Å²) in [7, 11) is 1.46. The van der Waals surface area contributed by atoms with Gasteiger partial charge in [-0.3, -0.25) is 4.79 Å². The number of nitrogens with one attached hydrogen (secondary N) is 1. The van der Waals surface area contributed by atoms with Gasteiger partial charge in [0.1, 0.15) is 11.6 Å². The van der Waals surface area contributed by atoms with Gasteiger partial charge in [0.05, 0.1) is 25.3 Å². The molecule has 0 amide bonds. The highest BCUT2D eigenvalue weighted by atomic mass is 19.1. The number of ketones is 1. The van der Waals surface area contributed by atoms with Crippen LogP contribution in [0.15, 0.2) is 18.2 Å². The Morgan fingerprint density at radius 1 is 1.58 bits per heavy atom. The predicted octanol–water partition coefficient (Wildman–Crippen LogP) is 1.79. The Balaban J connectivity index is 1.89. The molecule has 0 bridgehead atoms. The Kier molecular flexibility index (Phi) is 4.87. The summed E-state index contributed by atoms with van der Waals surface area (Å²) in [6, 6.07) is 3.94. The van der Waals surface area contributed by atoms with Crippen molar-refractivity contribution >= 4 is 5.78 Å². The highest BCUT2D eigenvalue weighted by Crippen LogP contribution is 2.19. The van der Waals surface area contributed by atoms with Crippen LogP contribution in [0.5, 0.6) is 5.75 Å². The van der Waals surface area contributed by atoms with E-state index in [1.54, 1.807) is 0 Å². The van der Waals surface area contributed by atoms with Crippen molar-refractivity contribution < 1.29 is 18.7 Å². The second-order valence-corrected chi connectivity index (χ2v) is 4.53. The number of rotatable bonds is 6. The molecule has 1 aliphatic heterocycles. The lowest BCUT2D eigenvalue weighted by Crippen LogP contribution is -2.31. The minimum absolute atomic E-state index is 0.152. The average Bonchev–Trinajstić information content (AvgIpc) is 2.91. The third kappa shape index (κ3) is 3.75. The van der Waals surface area contributed by atoms with E-state index in [-0.39, 0.29) is 24.0 Å². The van der Waals surface area contributed by atoms with Crippen LogP contribution in [0.25, 0.3) is 0 Å². The van der Waals surface area contributed by atoms with Crippen molar-refractivity contribution in [3.05, 3.63) is 29.6 Å². The van der Waals surface area contributed by atoms with E-state index in [1.807, 2.05) is 0 Å². The fraction of sp³-hybridized carbons (Fsp3) is 0.500. The Labute approximate surface area is 111 Å².